The summed E-state index contributed by atoms with van der Waals surface area (Å²) in [6, 6.07) is 2.11. The highest BCUT2D eigenvalue weighted by molar-refractivity contribution is 6.36. The number of carbonyl (C=O) groups is 1. The molecule has 6 heteroatoms. The zero-order valence-corrected chi connectivity index (χ0v) is 9.94. The van der Waals surface area contributed by atoms with Gasteiger partial charge in [-0.25, -0.2) is 4.39 Å². The highest BCUT2D eigenvalue weighted by Gasteiger charge is 2.17. The van der Waals surface area contributed by atoms with E-state index in [-0.39, 0.29) is 11.6 Å². The van der Waals surface area contributed by atoms with Crippen molar-refractivity contribution >= 4 is 29.2 Å². The Bertz CT molecular complexity index is 412. The minimum atomic E-state index is -1.00. The van der Waals surface area contributed by atoms with Gasteiger partial charge in [0.25, 0.3) is 0 Å². The molecule has 2 N–H and O–H groups in total. The van der Waals surface area contributed by atoms with E-state index in [4.69, 9.17) is 28.3 Å². The molecule has 0 fully saturated rings. The van der Waals surface area contributed by atoms with Gasteiger partial charge in [0, 0.05) is 16.6 Å². The van der Waals surface area contributed by atoms with E-state index in [0.29, 0.717) is 10.6 Å². The number of nitrogens with one attached hydrogen (secondary N) is 1. The van der Waals surface area contributed by atoms with Crippen molar-refractivity contribution in [2.45, 2.75) is 13.0 Å². The van der Waals surface area contributed by atoms with Crippen molar-refractivity contribution in [3.8, 4) is 0 Å². The van der Waals surface area contributed by atoms with Crippen molar-refractivity contribution in [1.82, 2.24) is 5.32 Å². The standard InChI is InChI=1S/C10H10Cl2FNO2/c1-5(14-4-8(15)16)9-6(11)2-3-7(13)10(9)12/h2-3,5,14H,4H2,1H3,(H,15,16). The fourth-order valence-corrected chi connectivity index (χ4v) is 1.98. The fourth-order valence-electron chi connectivity index (χ4n) is 1.28. The van der Waals surface area contributed by atoms with Gasteiger partial charge in [-0.15, -0.1) is 0 Å². The van der Waals surface area contributed by atoms with E-state index in [9.17, 15) is 9.18 Å². The third-order valence-corrected chi connectivity index (χ3v) is 2.79. The van der Waals surface area contributed by atoms with Crippen molar-refractivity contribution < 1.29 is 14.3 Å². The van der Waals surface area contributed by atoms with Crippen LogP contribution >= 0.6 is 23.2 Å². The van der Waals surface area contributed by atoms with Crippen LogP contribution in [0, 0.1) is 5.82 Å². The summed E-state index contributed by atoms with van der Waals surface area (Å²) < 4.78 is 13.2. The summed E-state index contributed by atoms with van der Waals surface area (Å²) in [6.07, 6.45) is 0. The minimum Gasteiger partial charge on any atom is -0.480 e. The summed E-state index contributed by atoms with van der Waals surface area (Å²) in [7, 11) is 0. The molecule has 0 aliphatic carbocycles. The predicted octanol–water partition coefficient (Wildman–Crippen LogP) is 2.87. The lowest BCUT2D eigenvalue weighted by molar-refractivity contribution is -0.136. The number of rotatable bonds is 4. The van der Waals surface area contributed by atoms with E-state index in [0.717, 1.165) is 6.07 Å². The van der Waals surface area contributed by atoms with Crippen LogP contribution in [-0.4, -0.2) is 17.6 Å². The van der Waals surface area contributed by atoms with Crippen LogP contribution in [0.1, 0.15) is 18.5 Å². The fraction of sp³-hybridized carbons (Fsp3) is 0.300. The highest BCUT2D eigenvalue weighted by atomic mass is 35.5. The molecule has 3 nitrogen and oxygen atoms in total. The molecule has 0 aliphatic heterocycles. The predicted molar refractivity (Wildman–Crippen MR) is 60.5 cm³/mol. The van der Waals surface area contributed by atoms with Crippen LogP contribution in [0.2, 0.25) is 10.0 Å². The van der Waals surface area contributed by atoms with Gasteiger partial charge in [-0.2, -0.15) is 0 Å². The number of benzene rings is 1. The second-order valence-electron chi connectivity index (χ2n) is 3.25. The molecule has 0 bridgehead atoms. The number of halogens is 3. The molecule has 0 heterocycles. The van der Waals surface area contributed by atoms with E-state index in [1.54, 1.807) is 6.92 Å². The third-order valence-electron chi connectivity index (χ3n) is 2.07. The minimum absolute atomic E-state index is 0.0853. The van der Waals surface area contributed by atoms with E-state index >= 15 is 0 Å². The second kappa shape index (κ2) is 5.48. The monoisotopic (exact) mass is 265 g/mol. The van der Waals surface area contributed by atoms with Crippen LogP contribution in [0.25, 0.3) is 0 Å². The number of hydrogen-bond donors (Lipinski definition) is 2. The molecule has 1 unspecified atom stereocenters. The van der Waals surface area contributed by atoms with Gasteiger partial charge in [-0.1, -0.05) is 23.2 Å². The van der Waals surface area contributed by atoms with Crippen LogP contribution in [0.5, 0.6) is 0 Å². The Morgan fingerprint density at radius 3 is 2.75 bits per heavy atom. The van der Waals surface area contributed by atoms with E-state index in [2.05, 4.69) is 5.32 Å². The molecule has 0 saturated heterocycles. The largest absolute Gasteiger partial charge is 0.480 e. The van der Waals surface area contributed by atoms with Crippen LogP contribution in [-0.2, 0) is 4.79 Å². The molecule has 0 aliphatic rings. The van der Waals surface area contributed by atoms with Crippen molar-refractivity contribution in [3.05, 3.63) is 33.6 Å². The Morgan fingerprint density at radius 2 is 2.19 bits per heavy atom. The normalized spacial score (nSPS) is 12.5. The molecule has 0 aromatic heterocycles. The quantitative estimate of drug-likeness (QED) is 0.824. The van der Waals surface area contributed by atoms with E-state index in [1.807, 2.05) is 0 Å². The SMILES string of the molecule is CC(NCC(=O)O)c1c(Cl)ccc(F)c1Cl. The average molecular weight is 266 g/mol. The first-order valence-electron chi connectivity index (χ1n) is 4.52. The molecule has 0 amide bonds. The summed E-state index contributed by atoms with van der Waals surface area (Å²) in [5.74, 6) is -1.58. The van der Waals surface area contributed by atoms with Gasteiger partial charge in [0.2, 0.25) is 0 Å². The smallest absolute Gasteiger partial charge is 0.317 e. The third kappa shape index (κ3) is 3.07. The molecule has 0 radical (unpaired) electrons. The molecule has 1 atom stereocenters. The molecular weight excluding hydrogens is 256 g/mol. The Labute approximate surface area is 102 Å². The summed E-state index contributed by atoms with van der Waals surface area (Å²) in [5, 5.41) is 11.4. The zero-order chi connectivity index (χ0) is 12.3. The molecule has 0 spiro atoms. The van der Waals surface area contributed by atoms with Gasteiger partial charge in [-0.3, -0.25) is 4.79 Å². The Kier molecular flexibility index (Phi) is 4.53. The molecule has 88 valence electrons. The number of hydrogen-bond acceptors (Lipinski definition) is 2. The van der Waals surface area contributed by atoms with Gasteiger partial charge in [0.1, 0.15) is 5.82 Å². The van der Waals surface area contributed by atoms with Crippen LogP contribution < -0.4 is 5.32 Å². The Hall–Kier alpha value is -0.840. The number of aliphatic carboxylic acids is 1. The van der Waals surface area contributed by atoms with Crippen LogP contribution in [0.4, 0.5) is 4.39 Å². The highest BCUT2D eigenvalue weighted by Crippen LogP contribution is 2.32. The first-order valence-corrected chi connectivity index (χ1v) is 5.27. The molecule has 16 heavy (non-hydrogen) atoms. The number of carboxylic acid groups (broad SMARTS) is 1. The lowest BCUT2D eigenvalue weighted by atomic mass is 10.1. The Balaban J connectivity index is 2.94. The summed E-state index contributed by atoms with van der Waals surface area (Å²) in [4.78, 5) is 10.4. The first kappa shape index (κ1) is 13.2. The van der Waals surface area contributed by atoms with Gasteiger partial charge < -0.3 is 10.4 Å². The van der Waals surface area contributed by atoms with Crippen molar-refractivity contribution in [2.24, 2.45) is 0 Å². The van der Waals surface area contributed by atoms with E-state index < -0.39 is 17.8 Å². The van der Waals surface area contributed by atoms with Crippen molar-refractivity contribution in [3.63, 3.8) is 0 Å². The molecular formula is C10H10Cl2FNO2. The molecule has 1 rings (SSSR count). The first-order chi connectivity index (χ1) is 7.43. The van der Waals surface area contributed by atoms with Gasteiger partial charge >= 0.3 is 5.97 Å². The maximum atomic E-state index is 13.2. The Morgan fingerprint density at radius 1 is 1.56 bits per heavy atom. The maximum Gasteiger partial charge on any atom is 0.317 e. The molecule has 1 aromatic carbocycles. The lowest BCUT2D eigenvalue weighted by Gasteiger charge is -2.16. The summed E-state index contributed by atoms with van der Waals surface area (Å²) in [5.41, 5.74) is 0.365. The molecule has 1 aromatic rings. The van der Waals surface area contributed by atoms with Gasteiger partial charge in [0.05, 0.1) is 11.6 Å². The zero-order valence-electron chi connectivity index (χ0n) is 8.43. The number of carboxylic acids is 1. The average Bonchev–Trinajstić information content (AvgIpc) is 2.21. The second-order valence-corrected chi connectivity index (χ2v) is 4.04. The molecule has 0 saturated carbocycles. The van der Waals surface area contributed by atoms with Crippen LogP contribution in [0.15, 0.2) is 12.1 Å². The maximum absolute atomic E-state index is 13.2. The van der Waals surface area contributed by atoms with Gasteiger partial charge in [-0.05, 0) is 19.1 Å². The summed E-state index contributed by atoms with van der Waals surface area (Å²) in [6.45, 7) is 1.42. The summed E-state index contributed by atoms with van der Waals surface area (Å²) >= 11 is 11.6. The van der Waals surface area contributed by atoms with E-state index in [1.165, 1.54) is 6.07 Å². The lowest BCUT2D eigenvalue weighted by Crippen LogP contribution is -2.26. The van der Waals surface area contributed by atoms with Crippen molar-refractivity contribution in [1.29, 1.82) is 0 Å². The topological polar surface area (TPSA) is 49.3 Å². The van der Waals surface area contributed by atoms with Crippen LogP contribution in [0.3, 0.4) is 0 Å². The van der Waals surface area contributed by atoms with Crippen molar-refractivity contribution in [2.75, 3.05) is 6.54 Å². The van der Waals surface area contributed by atoms with Gasteiger partial charge in [0.15, 0.2) is 0 Å².